The van der Waals surface area contributed by atoms with Crippen molar-refractivity contribution in [3.8, 4) is 0 Å². The Morgan fingerprint density at radius 2 is 1.55 bits per heavy atom. The number of fused-ring (bicyclic) bond motifs is 1. The van der Waals surface area contributed by atoms with Crippen LogP contribution in [0.4, 0.5) is 0 Å². The van der Waals surface area contributed by atoms with Crippen LogP contribution in [-0.2, 0) is 9.53 Å². The maximum absolute atomic E-state index is 12.3. The number of hydrogen-bond donors (Lipinski definition) is 0. The Labute approximate surface area is 129 Å². The van der Waals surface area contributed by atoms with Crippen molar-refractivity contribution in [3.63, 3.8) is 0 Å². The number of esters is 1. The summed E-state index contributed by atoms with van der Waals surface area (Å²) in [4.78, 5) is 12.3. The molecule has 0 N–H and O–H groups in total. The van der Waals surface area contributed by atoms with Crippen LogP contribution < -0.4 is 0 Å². The van der Waals surface area contributed by atoms with Gasteiger partial charge < -0.3 is 4.74 Å². The minimum atomic E-state index is -0.333. The Morgan fingerprint density at radius 1 is 0.864 bits per heavy atom. The first-order chi connectivity index (χ1) is 10.8. The van der Waals surface area contributed by atoms with Crippen LogP contribution in [0.1, 0.15) is 11.1 Å². The summed E-state index contributed by atoms with van der Waals surface area (Å²) in [7, 11) is 1.41. The van der Waals surface area contributed by atoms with Crippen molar-refractivity contribution in [2.24, 2.45) is 0 Å². The van der Waals surface area contributed by atoms with Gasteiger partial charge >= 0.3 is 5.97 Å². The van der Waals surface area contributed by atoms with Gasteiger partial charge in [-0.15, -0.1) is 0 Å². The quantitative estimate of drug-likeness (QED) is 0.401. The zero-order valence-electron chi connectivity index (χ0n) is 12.3. The molecule has 0 spiro atoms. The zero-order valence-corrected chi connectivity index (χ0v) is 12.3. The summed E-state index contributed by atoms with van der Waals surface area (Å²) in [6.07, 6.45) is 1.87. The summed E-state index contributed by atoms with van der Waals surface area (Å²) in [5, 5.41) is 2.14. The Hall–Kier alpha value is -2.87. The minimum Gasteiger partial charge on any atom is -0.465 e. The zero-order chi connectivity index (χ0) is 15.4. The molecular formula is C20H16O2. The Balaban J connectivity index is 2.21. The fourth-order valence-corrected chi connectivity index (χ4v) is 2.53. The van der Waals surface area contributed by atoms with Gasteiger partial charge in [0.25, 0.3) is 0 Å². The molecule has 0 aromatic heterocycles. The van der Waals surface area contributed by atoms with Gasteiger partial charge in [-0.25, -0.2) is 4.79 Å². The summed E-state index contributed by atoms with van der Waals surface area (Å²) >= 11 is 0. The lowest BCUT2D eigenvalue weighted by Gasteiger charge is -2.10. The molecule has 3 aromatic rings. The molecule has 0 unspecified atom stereocenters. The van der Waals surface area contributed by atoms with Crippen molar-refractivity contribution < 1.29 is 9.53 Å². The van der Waals surface area contributed by atoms with Crippen molar-refractivity contribution in [3.05, 3.63) is 83.9 Å². The van der Waals surface area contributed by atoms with Gasteiger partial charge in [-0.3, -0.25) is 0 Å². The van der Waals surface area contributed by atoms with Crippen LogP contribution in [0.3, 0.4) is 0 Å². The molecule has 2 heteroatoms. The first kappa shape index (κ1) is 14.1. The molecule has 0 saturated carbocycles. The molecule has 108 valence electrons. The fraction of sp³-hybridized carbons (Fsp3) is 0.0500. The number of carbonyl (C=O) groups is 1. The number of carbonyl (C=O) groups excluding carboxylic acids is 1. The molecule has 0 fully saturated rings. The summed E-state index contributed by atoms with van der Waals surface area (Å²) in [6, 6.07) is 23.8. The average Bonchev–Trinajstić information content (AvgIpc) is 2.59. The Bertz CT molecular complexity index is 827. The van der Waals surface area contributed by atoms with Crippen molar-refractivity contribution in [1.29, 1.82) is 0 Å². The van der Waals surface area contributed by atoms with E-state index >= 15 is 0 Å². The van der Waals surface area contributed by atoms with Gasteiger partial charge in [0, 0.05) is 0 Å². The van der Waals surface area contributed by atoms with E-state index in [0.29, 0.717) is 5.57 Å². The smallest absolute Gasteiger partial charge is 0.338 e. The second-order valence-electron chi connectivity index (χ2n) is 4.99. The number of hydrogen-bond acceptors (Lipinski definition) is 2. The average molecular weight is 288 g/mol. The number of rotatable bonds is 3. The predicted octanol–water partition coefficient (Wildman–Crippen LogP) is 4.55. The summed E-state index contributed by atoms with van der Waals surface area (Å²) < 4.78 is 4.98. The summed E-state index contributed by atoms with van der Waals surface area (Å²) in [6.45, 7) is 0. The first-order valence-electron chi connectivity index (χ1n) is 7.13. The molecular weight excluding hydrogens is 272 g/mol. The monoisotopic (exact) mass is 288 g/mol. The van der Waals surface area contributed by atoms with Crippen LogP contribution in [0.15, 0.2) is 72.8 Å². The Kier molecular flexibility index (Phi) is 4.01. The molecule has 22 heavy (non-hydrogen) atoms. The standard InChI is InChI=1S/C20H16O2/c1-22-20(21)19(14-15-8-3-2-4-9-15)18-13-7-11-16-10-5-6-12-17(16)18/h2-14H,1H3. The highest BCUT2D eigenvalue weighted by molar-refractivity contribution is 6.24. The van der Waals surface area contributed by atoms with Crippen molar-refractivity contribution in [2.75, 3.05) is 7.11 Å². The third-order valence-corrected chi connectivity index (χ3v) is 3.60. The van der Waals surface area contributed by atoms with E-state index in [4.69, 9.17) is 4.74 Å². The lowest BCUT2D eigenvalue weighted by atomic mass is 9.96. The molecule has 3 aromatic carbocycles. The van der Waals surface area contributed by atoms with Crippen LogP contribution in [0.2, 0.25) is 0 Å². The van der Waals surface area contributed by atoms with E-state index in [9.17, 15) is 4.79 Å². The highest BCUT2D eigenvalue weighted by Crippen LogP contribution is 2.27. The van der Waals surface area contributed by atoms with Gasteiger partial charge in [0.1, 0.15) is 0 Å². The topological polar surface area (TPSA) is 26.3 Å². The van der Waals surface area contributed by atoms with Gasteiger partial charge in [0.05, 0.1) is 12.7 Å². The van der Waals surface area contributed by atoms with E-state index < -0.39 is 0 Å². The third kappa shape index (κ3) is 2.77. The van der Waals surface area contributed by atoms with E-state index in [1.807, 2.05) is 78.9 Å². The maximum Gasteiger partial charge on any atom is 0.338 e. The SMILES string of the molecule is COC(=O)C(=Cc1ccccc1)c1cccc2ccccc12. The van der Waals surface area contributed by atoms with Crippen molar-refractivity contribution in [2.45, 2.75) is 0 Å². The van der Waals surface area contributed by atoms with Crippen LogP contribution in [-0.4, -0.2) is 13.1 Å². The molecule has 0 radical (unpaired) electrons. The molecule has 0 heterocycles. The number of ether oxygens (including phenoxy) is 1. The number of benzene rings is 3. The molecule has 0 bridgehead atoms. The van der Waals surface area contributed by atoms with Gasteiger partial charge in [-0.1, -0.05) is 72.8 Å². The van der Waals surface area contributed by atoms with Crippen LogP contribution in [0.5, 0.6) is 0 Å². The van der Waals surface area contributed by atoms with Crippen LogP contribution in [0.25, 0.3) is 22.4 Å². The molecule has 0 amide bonds. The molecule has 0 saturated heterocycles. The van der Waals surface area contributed by atoms with E-state index in [1.54, 1.807) is 0 Å². The van der Waals surface area contributed by atoms with Crippen LogP contribution in [0, 0.1) is 0 Å². The summed E-state index contributed by atoms with van der Waals surface area (Å²) in [5.41, 5.74) is 2.41. The molecule has 0 aliphatic rings. The van der Waals surface area contributed by atoms with Crippen molar-refractivity contribution in [1.82, 2.24) is 0 Å². The van der Waals surface area contributed by atoms with E-state index in [-0.39, 0.29) is 5.97 Å². The summed E-state index contributed by atoms with van der Waals surface area (Å²) in [5.74, 6) is -0.333. The van der Waals surface area contributed by atoms with Crippen molar-refractivity contribution >= 4 is 28.4 Å². The molecule has 0 aliphatic heterocycles. The van der Waals surface area contributed by atoms with Gasteiger partial charge in [0.15, 0.2) is 0 Å². The van der Waals surface area contributed by atoms with Gasteiger partial charge in [-0.05, 0) is 28.0 Å². The van der Waals surface area contributed by atoms with Gasteiger partial charge in [0.2, 0.25) is 0 Å². The lowest BCUT2D eigenvalue weighted by molar-refractivity contribution is -0.133. The fourth-order valence-electron chi connectivity index (χ4n) is 2.53. The van der Waals surface area contributed by atoms with E-state index in [2.05, 4.69) is 0 Å². The van der Waals surface area contributed by atoms with Gasteiger partial charge in [-0.2, -0.15) is 0 Å². The molecule has 2 nitrogen and oxygen atoms in total. The van der Waals surface area contributed by atoms with E-state index in [0.717, 1.165) is 21.9 Å². The Morgan fingerprint density at radius 3 is 2.32 bits per heavy atom. The molecule has 0 aliphatic carbocycles. The number of methoxy groups -OCH3 is 1. The highest BCUT2D eigenvalue weighted by Gasteiger charge is 2.15. The third-order valence-electron chi connectivity index (χ3n) is 3.60. The molecule has 0 atom stereocenters. The minimum absolute atomic E-state index is 0.333. The predicted molar refractivity (Wildman–Crippen MR) is 90.3 cm³/mol. The maximum atomic E-state index is 12.3. The molecule has 3 rings (SSSR count). The highest BCUT2D eigenvalue weighted by atomic mass is 16.5. The van der Waals surface area contributed by atoms with Crippen LogP contribution >= 0.6 is 0 Å². The van der Waals surface area contributed by atoms with E-state index in [1.165, 1.54) is 7.11 Å². The first-order valence-corrected chi connectivity index (χ1v) is 7.13. The normalized spacial score (nSPS) is 11.4. The lowest BCUT2D eigenvalue weighted by Crippen LogP contribution is -2.04. The second kappa shape index (κ2) is 6.27. The largest absolute Gasteiger partial charge is 0.465 e. The second-order valence-corrected chi connectivity index (χ2v) is 4.99.